The van der Waals surface area contributed by atoms with Crippen LogP contribution < -0.4 is 10.2 Å². The van der Waals surface area contributed by atoms with Gasteiger partial charge in [0.15, 0.2) is 5.75 Å². The Bertz CT molecular complexity index is 605. The van der Waals surface area contributed by atoms with Crippen LogP contribution in [0, 0.1) is 10.1 Å². The van der Waals surface area contributed by atoms with Gasteiger partial charge in [0.2, 0.25) is 0 Å². The fraction of sp³-hybridized carbons (Fsp3) is 0.429. The van der Waals surface area contributed by atoms with E-state index >= 15 is 0 Å². The number of hydrogen-bond donors (Lipinski definition) is 1. The number of hydrazone groups is 1. The van der Waals surface area contributed by atoms with Crippen LogP contribution in [0.1, 0.15) is 33.3 Å². The van der Waals surface area contributed by atoms with Gasteiger partial charge >= 0.3 is 11.8 Å². The molecule has 120 valence electrons. The molecule has 1 aromatic carbocycles. The first-order valence-corrected chi connectivity index (χ1v) is 6.50. The molecule has 1 rings (SSSR count). The van der Waals surface area contributed by atoms with Gasteiger partial charge in [0.25, 0.3) is 0 Å². The van der Waals surface area contributed by atoms with Crippen molar-refractivity contribution < 1.29 is 19.2 Å². The van der Waals surface area contributed by atoms with Crippen LogP contribution in [0.15, 0.2) is 23.3 Å². The molecular formula is C14H19N3O5. The van der Waals surface area contributed by atoms with E-state index < -0.39 is 16.6 Å². The standard InChI is InChI=1S/C14H19N3O5/c1-9(15-16-13(18)22-14(2,3)4)10-6-7-12(21-5)11(8-10)17(19)20/h6-8H,1-5H3,(H,16,18). The molecular weight excluding hydrogens is 290 g/mol. The molecule has 0 aromatic heterocycles. The Morgan fingerprint density at radius 2 is 2.00 bits per heavy atom. The Balaban J connectivity index is 2.91. The minimum atomic E-state index is -0.699. The quantitative estimate of drug-likeness (QED) is 0.523. The zero-order valence-corrected chi connectivity index (χ0v) is 13.2. The summed E-state index contributed by atoms with van der Waals surface area (Å²) in [4.78, 5) is 21.9. The normalized spacial score (nSPS) is 11.8. The minimum absolute atomic E-state index is 0.154. The fourth-order valence-corrected chi connectivity index (χ4v) is 1.55. The lowest BCUT2D eigenvalue weighted by atomic mass is 10.1. The predicted octanol–water partition coefficient (Wildman–Crippen LogP) is 2.85. The smallest absolute Gasteiger partial charge is 0.428 e. The molecule has 1 aromatic rings. The first-order chi connectivity index (χ1) is 10.1. The van der Waals surface area contributed by atoms with Crippen molar-refractivity contribution in [1.29, 1.82) is 0 Å². The number of amides is 1. The van der Waals surface area contributed by atoms with E-state index in [1.807, 2.05) is 0 Å². The second-order valence-electron chi connectivity index (χ2n) is 5.45. The molecule has 0 aliphatic rings. The van der Waals surface area contributed by atoms with E-state index in [-0.39, 0.29) is 11.4 Å². The van der Waals surface area contributed by atoms with E-state index in [0.717, 1.165) is 0 Å². The van der Waals surface area contributed by atoms with E-state index in [2.05, 4.69) is 10.5 Å². The number of rotatable bonds is 4. The molecule has 0 radical (unpaired) electrons. The van der Waals surface area contributed by atoms with Gasteiger partial charge < -0.3 is 9.47 Å². The zero-order chi connectivity index (χ0) is 16.9. The molecule has 0 aliphatic heterocycles. The third kappa shape index (κ3) is 5.04. The van der Waals surface area contributed by atoms with Crippen LogP contribution in [0.3, 0.4) is 0 Å². The van der Waals surface area contributed by atoms with Crippen LogP contribution in [0.2, 0.25) is 0 Å². The summed E-state index contributed by atoms with van der Waals surface area (Å²) < 4.78 is 9.96. The maximum Gasteiger partial charge on any atom is 0.428 e. The number of nitro benzene ring substituents is 1. The highest BCUT2D eigenvalue weighted by molar-refractivity contribution is 5.99. The van der Waals surface area contributed by atoms with Crippen molar-refractivity contribution in [3.8, 4) is 5.75 Å². The number of nitrogens with one attached hydrogen (secondary N) is 1. The molecule has 0 fully saturated rings. The summed E-state index contributed by atoms with van der Waals surface area (Å²) in [6.45, 7) is 6.81. The van der Waals surface area contributed by atoms with Crippen LogP contribution in [0.25, 0.3) is 0 Å². The summed E-state index contributed by atoms with van der Waals surface area (Å²) in [6.07, 6.45) is -0.699. The molecule has 0 atom stereocenters. The summed E-state index contributed by atoms with van der Waals surface area (Å²) in [5, 5.41) is 14.8. The highest BCUT2D eigenvalue weighted by Gasteiger charge is 2.17. The van der Waals surface area contributed by atoms with Crippen LogP contribution >= 0.6 is 0 Å². The third-order valence-electron chi connectivity index (χ3n) is 2.51. The highest BCUT2D eigenvalue weighted by atomic mass is 16.6. The lowest BCUT2D eigenvalue weighted by Gasteiger charge is -2.18. The molecule has 8 nitrogen and oxygen atoms in total. The summed E-state index contributed by atoms with van der Waals surface area (Å²) in [5.74, 6) is 0.154. The average Bonchev–Trinajstić information content (AvgIpc) is 2.42. The zero-order valence-electron chi connectivity index (χ0n) is 13.2. The summed E-state index contributed by atoms with van der Waals surface area (Å²) >= 11 is 0. The van der Waals surface area contributed by atoms with Crippen molar-refractivity contribution in [3.05, 3.63) is 33.9 Å². The maximum absolute atomic E-state index is 11.5. The van der Waals surface area contributed by atoms with Gasteiger partial charge in [-0.3, -0.25) is 10.1 Å². The Morgan fingerprint density at radius 1 is 1.36 bits per heavy atom. The monoisotopic (exact) mass is 309 g/mol. The lowest BCUT2D eigenvalue weighted by Crippen LogP contribution is -2.30. The number of benzene rings is 1. The fourth-order valence-electron chi connectivity index (χ4n) is 1.55. The highest BCUT2D eigenvalue weighted by Crippen LogP contribution is 2.27. The summed E-state index contributed by atoms with van der Waals surface area (Å²) in [7, 11) is 1.35. The summed E-state index contributed by atoms with van der Waals surface area (Å²) in [6, 6.07) is 4.41. The largest absolute Gasteiger partial charge is 0.490 e. The minimum Gasteiger partial charge on any atom is -0.490 e. The molecule has 0 unspecified atom stereocenters. The van der Waals surface area contributed by atoms with Crippen LogP contribution in [-0.4, -0.2) is 29.4 Å². The van der Waals surface area contributed by atoms with Crippen molar-refractivity contribution in [1.82, 2.24) is 5.43 Å². The molecule has 0 spiro atoms. The van der Waals surface area contributed by atoms with Crippen molar-refractivity contribution >= 4 is 17.5 Å². The van der Waals surface area contributed by atoms with Crippen LogP contribution in [0.5, 0.6) is 5.75 Å². The number of carbonyl (C=O) groups excluding carboxylic acids is 1. The molecule has 0 heterocycles. The first kappa shape index (κ1) is 17.4. The van der Waals surface area contributed by atoms with Gasteiger partial charge in [0, 0.05) is 11.6 Å². The van der Waals surface area contributed by atoms with Crippen LogP contribution in [-0.2, 0) is 4.74 Å². The number of nitrogens with zero attached hydrogens (tertiary/aromatic N) is 2. The maximum atomic E-state index is 11.5. The van der Waals surface area contributed by atoms with Gasteiger partial charge in [0.1, 0.15) is 5.60 Å². The lowest BCUT2D eigenvalue weighted by molar-refractivity contribution is -0.385. The second-order valence-corrected chi connectivity index (χ2v) is 5.45. The average molecular weight is 309 g/mol. The van der Waals surface area contributed by atoms with Gasteiger partial charge in [-0.2, -0.15) is 5.10 Å². The SMILES string of the molecule is COc1ccc(C(C)=NNC(=O)OC(C)(C)C)cc1[N+](=O)[O-]. The number of methoxy groups -OCH3 is 1. The van der Waals surface area contributed by atoms with Gasteiger partial charge in [-0.1, -0.05) is 0 Å². The van der Waals surface area contributed by atoms with E-state index in [1.54, 1.807) is 33.8 Å². The molecule has 0 bridgehead atoms. The molecule has 0 aliphatic carbocycles. The van der Waals surface area contributed by atoms with Gasteiger partial charge in [0.05, 0.1) is 17.7 Å². The van der Waals surface area contributed by atoms with Crippen molar-refractivity contribution in [3.63, 3.8) is 0 Å². The Kier molecular flexibility index (Phi) is 5.44. The van der Waals surface area contributed by atoms with E-state index in [1.165, 1.54) is 19.2 Å². The van der Waals surface area contributed by atoms with Gasteiger partial charge in [-0.25, -0.2) is 10.2 Å². The Hall–Kier alpha value is -2.64. The topological polar surface area (TPSA) is 103 Å². The molecule has 1 amide bonds. The molecule has 0 saturated heterocycles. The van der Waals surface area contributed by atoms with Gasteiger partial charge in [-0.05, 0) is 39.8 Å². The number of carbonyl (C=O) groups is 1. The molecule has 22 heavy (non-hydrogen) atoms. The van der Waals surface area contributed by atoms with Crippen LogP contribution in [0.4, 0.5) is 10.5 Å². The second kappa shape index (κ2) is 6.88. The molecule has 0 saturated carbocycles. The van der Waals surface area contributed by atoms with Crippen molar-refractivity contribution in [2.24, 2.45) is 5.10 Å². The predicted molar refractivity (Wildman–Crippen MR) is 81.2 cm³/mol. The molecule has 8 heteroatoms. The number of nitro groups is 1. The number of ether oxygens (including phenoxy) is 2. The number of hydrogen-bond acceptors (Lipinski definition) is 6. The van der Waals surface area contributed by atoms with Gasteiger partial charge in [-0.15, -0.1) is 0 Å². The Labute approximate surface area is 128 Å². The van der Waals surface area contributed by atoms with Crippen molar-refractivity contribution in [2.45, 2.75) is 33.3 Å². The third-order valence-corrected chi connectivity index (χ3v) is 2.51. The molecule has 1 N–H and O–H groups in total. The van der Waals surface area contributed by atoms with E-state index in [9.17, 15) is 14.9 Å². The van der Waals surface area contributed by atoms with Crippen molar-refractivity contribution in [2.75, 3.05) is 7.11 Å². The van der Waals surface area contributed by atoms with E-state index in [0.29, 0.717) is 11.3 Å². The Morgan fingerprint density at radius 3 is 2.50 bits per heavy atom. The first-order valence-electron chi connectivity index (χ1n) is 6.50. The van der Waals surface area contributed by atoms with E-state index in [4.69, 9.17) is 9.47 Å². The summed E-state index contributed by atoms with van der Waals surface area (Å²) in [5.41, 5.74) is 2.32.